The number of rotatable bonds is 4. The van der Waals surface area contributed by atoms with E-state index in [4.69, 9.17) is 5.73 Å². The molecule has 3 rings (SSSR count). The van der Waals surface area contributed by atoms with Crippen LogP contribution in [0.2, 0.25) is 0 Å². The smallest absolute Gasteiger partial charge is 0.260 e. The van der Waals surface area contributed by atoms with Gasteiger partial charge in [-0.05, 0) is 29.3 Å². The van der Waals surface area contributed by atoms with Crippen molar-refractivity contribution in [2.45, 2.75) is 18.0 Å². The first kappa shape index (κ1) is 13.6. The number of thiophene rings is 1. The molecule has 3 aromatic heterocycles. The molecule has 6 nitrogen and oxygen atoms in total. The molecule has 0 spiro atoms. The summed E-state index contributed by atoms with van der Waals surface area (Å²) in [5.41, 5.74) is 6.66. The van der Waals surface area contributed by atoms with Gasteiger partial charge in [0.1, 0.15) is 0 Å². The largest absolute Gasteiger partial charge is 0.381 e. The second kappa shape index (κ2) is 4.85. The molecule has 0 aliphatic rings. The number of imidazole rings is 1. The number of thiazole rings is 1. The van der Waals surface area contributed by atoms with Crippen molar-refractivity contribution in [3.05, 3.63) is 34.0 Å². The van der Waals surface area contributed by atoms with Crippen LogP contribution in [0.5, 0.6) is 0 Å². The average Bonchev–Trinajstić information content (AvgIpc) is 3.01. The van der Waals surface area contributed by atoms with Gasteiger partial charge in [0.25, 0.3) is 10.0 Å². The lowest BCUT2D eigenvalue weighted by atomic mass is 10.2. The number of nitrogens with zero attached hydrogens (tertiary/aromatic N) is 2. The van der Waals surface area contributed by atoms with Gasteiger partial charge >= 0.3 is 0 Å². The Kier molecular flexibility index (Phi) is 3.28. The quantitative estimate of drug-likeness (QED) is 0.767. The van der Waals surface area contributed by atoms with Gasteiger partial charge in [-0.1, -0.05) is 0 Å². The molecule has 0 aliphatic heterocycles. The Bertz CT molecular complexity index is 832. The summed E-state index contributed by atoms with van der Waals surface area (Å²) < 4.78 is 29.1. The summed E-state index contributed by atoms with van der Waals surface area (Å²) in [7, 11) is -3.73. The average molecular weight is 328 g/mol. The molecule has 0 aromatic carbocycles. The van der Waals surface area contributed by atoms with Gasteiger partial charge in [0.15, 0.2) is 15.8 Å². The highest BCUT2D eigenvalue weighted by Gasteiger charge is 2.26. The van der Waals surface area contributed by atoms with Gasteiger partial charge in [0.2, 0.25) is 0 Å². The molecule has 0 bridgehead atoms. The summed E-state index contributed by atoms with van der Waals surface area (Å²) in [6.45, 7) is 1.79. The van der Waals surface area contributed by atoms with Gasteiger partial charge in [-0.25, -0.2) is 18.1 Å². The molecule has 1 atom stereocenters. The summed E-state index contributed by atoms with van der Waals surface area (Å²) in [4.78, 5) is 4.61. The van der Waals surface area contributed by atoms with Crippen LogP contribution in [0.4, 0.5) is 5.82 Å². The molecular weight excluding hydrogens is 316 g/mol. The molecule has 0 saturated carbocycles. The lowest BCUT2D eigenvalue weighted by Crippen LogP contribution is -2.28. The van der Waals surface area contributed by atoms with Crippen molar-refractivity contribution in [2.75, 3.05) is 5.73 Å². The maximum Gasteiger partial charge on any atom is 0.260 e. The maximum atomic E-state index is 12.5. The first-order chi connectivity index (χ1) is 9.49. The zero-order valence-electron chi connectivity index (χ0n) is 10.5. The van der Waals surface area contributed by atoms with E-state index in [0.29, 0.717) is 4.96 Å². The monoisotopic (exact) mass is 328 g/mol. The highest BCUT2D eigenvalue weighted by Crippen LogP contribution is 2.25. The summed E-state index contributed by atoms with van der Waals surface area (Å²) in [5.74, 6) is 0.0156. The van der Waals surface area contributed by atoms with Crippen LogP contribution in [0.1, 0.15) is 18.5 Å². The minimum atomic E-state index is -3.73. The maximum absolute atomic E-state index is 12.5. The molecule has 0 fully saturated rings. The van der Waals surface area contributed by atoms with E-state index >= 15 is 0 Å². The molecule has 20 heavy (non-hydrogen) atoms. The molecule has 0 aliphatic carbocycles. The minimum absolute atomic E-state index is 0.00386. The van der Waals surface area contributed by atoms with Crippen LogP contribution in [0.15, 0.2) is 33.4 Å². The zero-order chi connectivity index (χ0) is 14.3. The lowest BCUT2D eigenvalue weighted by molar-refractivity contribution is 0.563. The SMILES string of the molecule is CC(NS(=O)(=O)c1c(N)nc2sccn12)c1ccsc1. The van der Waals surface area contributed by atoms with E-state index in [1.807, 2.05) is 16.8 Å². The Hall–Kier alpha value is -1.42. The Balaban J connectivity index is 2.00. The Labute approximate surface area is 123 Å². The zero-order valence-corrected chi connectivity index (χ0v) is 12.9. The number of sulfonamides is 1. The van der Waals surface area contributed by atoms with Crippen LogP contribution in [-0.4, -0.2) is 17.8 Å². The number of nitrogens with two attached hydrogens (primary N) is 1. The van der Waals surface area contributed by atoms with E-state index in [2.05, 4.69) is 9.71 Å². The predicted molar refractivity (Wildman–Crippen MR) is 80.5 cm³/mol. The van der Waals surface area contributed by atoms with Gasteiger partial charge in [-0.2, -0.15) is 11.3 Å². The van der Waals surface area contributed by atoms with Crippen LogP contribution < -0.4 is 10.5 Å². The number of aromatic nitrogens is 2. The highest BCUT2D eigenvalue weighted by atomic mass is 32.2. The lowest BCUT2D eigenvalue weighted by Gasteiger charge is -2.12. The topological polar surface area (TPSA) is 89.5 Å². The van der Waals surface area contributed by atoms with Crippen molar-refractivity contribution in [3.8, 4) is 0 Å². The molecule has 0 radical (unpaired) electrons. The van der Waals surface area contributed by atoms with Gasteiger partial charge in [0.05, 0.1) is 0 Å². The number of hydrogen-bond acceptors (Lipinski definition) is 6. The predicted octanol–water partition coefficient (Wildman–Crippen LogP) is 2.08. The summed E-state index contributed by atoms with van der Waals surface area (Å²) in [6, 6.07) is 1.56. The Morgan fingerprint density at radius 2 is 2.25 bits per heavy atom. The van der Waals surface area contributed by atoms with Crippen molar-refractivity contribution >= 4 is 43.5 Å². The Morgan fingerprint density at radius 3 is 2.95 bits per heavy atom. The number of anilines is 1. The van der Waals surface area contributed by atoms with E-state index in [1.54, 1.807) is 18.5 Å². The Morgan fingerprint density at radius 1 is 1.45 bits per heavy atom. The third-order valence-electron chi connectivity index (χ3n) is 2.87. The number of nitrogen functional groups attached to an aromatic ring is 1. The van der Waals surface area contributed by atoms with Gasteiger partial charge < -0.3 is 5.73 Å². The summed E-state index contributed by atoms with van der Waals surface area (Å²) in [5, 5.41) is 5.58. The number of fused-ring (bicyclic) bond motifs is 1. The molecule has 0 amide bonds. The van der Waals surface area contributed by atoms with Gasteiger partial charge in [0, 0.05) is 17.6 Å². The molecule has 9 heteroatoms. The van der Waals surface area contributed by atoms with Crippen molar-refractivity contribution in [2.24, 2.45) is 0 Å². The molecule has 1 unspecified atom stereocenters. The summed E-state index contributed by atoms with van der Waals surface area (Å²) in [6.07, 6.45) is 1.65. The number of hydrogen-bond donors (Lipinski definition) is 2. The van der Waals surface area contributed by atoms with Crippen LogP contribution >= 0.6 is 22.7 Å². The fraction of sp³-hybridized carbons (Fsp3) is 0.182. The highest BCUT2D eigenvalue weighted by molar-refractivity contribution is 7.89. The second-order valence-electron chi connectivity index (χ2n) is 4.26. The second-order valence-corrected chi connectivity index (χ2v) is 7.54. The van der Waals surface area contributed by atoms with E-state index < -0.39 is 10.0 Å². The van der Waals surface area contributed by atoms with Crippen LogP contribution in [-0.2, 0) is 10.0 Å². The molecule has 3 N–H and O–H groups in total. The third kappa shape index (κ3) is 2.22. The third-order valence-corrected chi connectivity index (χ3v) is 5.91. The van der Waals surface area contributed by atoms with Gasteiger partial charge in [-0.3, -0.25) is 4.40 Å². The van der Waals surface area contributed by atoms with Crippen LogP contribution in [0.3, 0.4) is 0 Å². The van der Waals surface area contributed by atoms with E-state index in [-0.39, 0.29) is 16.9 Å². The van der Waals surface area contributed by atoms with E-state index in [1.165, 1.54) is 27.1 Å². The van der Waals surface area contributed by atoms with Gasteiger partial charge in [-0.15, -0.1) is 11.3 Å². The van der Waals surface area contributed by atoms with Crippen LogP contribution in [0.25, 0.3) is 4.96 Å². The molecular formula is C11H12N4O2S3. The minimum Gasteiger partial charge on any atom is -0.381 e. The first-order valence-electron chi connectivity index (χ1n) is 5.74. The van der Waals surface area contributed by atoms with Crippen molar-refractivity contribution in [1.82, 2.24) is 14.1 Å². The van der Waals surface area contributed by atoms with Crippen molar-refractivity contribution < 1.29 is 8.42 Å². The number of nitrogens with one attached hydrogen (secondary N) is 1. The first-order valence-corrected chi connectivity index (χ1v) is 9.05. The molecule has 0 saturated heterocycles. The van der Waals surface area contributed by atoms with Crippen molar-refractivity contribution in [3.63, 3.8) is 0 Å². The van der Waals surface area contributed by atoms with E-state index in [0.717, 1.165) is 5.56 Å². The standard InChI is InChI=1S/C11H12N4O2S3/c1-7(8-2-4-18-6-8)14-20(16,17)10-9(12)13-11-15(10)3-5-19-11/h2-7,14H,12H2,1H3. The molecule has 106 valence electrons. The fourth-order valence-electron chi connectivity index (χ4n) is 1.93. The molecule has 3 heterocycles. The normalized spacial score (nSPS) is 13.8. The fourth-order valence-corrected chi connectivity index (χ4v) is 4.90. The summed E-state index contributed by atoms with van der Waals surface area (Å²) >= 11 is 2.86. The van der Waals surface area contributed by atoms with E-state index in [9.17, 15) is 8.42 Å². The van der Waals surface area contributed by atoms with Crippen molar-refractivity contribution in [1.29, 1.82) is 0 Å². The molecule has 3 aromatic rings. The van der Waals surface area contributed by atoms with Crippen LogP contribution in [0, 0.1) is 0 Å².